The second-order valence-electron chi connectivity index (χ2n) is 4.04. The molecule has 1 fully saturated rings. The molecule has 82 valence electrons. The summed E-state index contributed by atoms with van der Waals surface area (Å²) in [6.45, 7) is 2.98. The average Bonchev–Trinajstić information content (AvgIpc) is 2.19. The van der Waals surface area contributed by atoms with E-state index in [1.807, 2.05) is 0 Å². The van der Waals surface area contributed by atoms with Crippen LogP contribution in [-0.2, 0) is 9.53 Å². The fourth-order valence-electron chi connectivity index (χ4n) is 1.87. The van der Waals surface area contributed by atoms with Gasteiger partial charge in [0.25, 0.3) is 0 Å². The lowest BCUT2D eigenvalue weighted by atomic mass is 9.87. The summed E-state index contributed by atoms with van der Waals surface area (Å²) in [5.74, 6) is -0.766. The lowest BCUT2D eigenvalue weighted by Crippen LogP contribution is -2.26. The van der Waals surface area contributed by atoms with E-state index in [9.17, 15) is 4.79 Å². The number of aliphatic carboxylic acids is 1. The van der Waals surface area contributed by atoms with E-state index in [-0.39, 0.29) is 5.92 Å². The molecule has 0 heterocycles. The second-order valence-corrected chi connectivity index (χ2v) is 4.04. The fraction of sp³-hybridized carbons (Fsp3) is 0.909. The number of carbonyl (C=O) groups is 1. The van der Waals surface area contributed by atoms with Crippen LogP contribution in [0.3, 0.4) is 0 Å². The molecule has 3 nitrogen and oxygen atoms in total. The number of hydrogen-bond donors (Lipinski definition) is 1. The molecule has 3 heteroatoms. The number of ether oxygens (including phenoxy) is 1. The van der Waals surface area contributed by atoms with Gasteiger partial charge in [0.2, 0.25) is 0 Å². The minimum absolute atomic E-state index is 0.124. The molecule has 0 spiro atoms. The van der Waals surface area contributed by atoms with E-state index in [0.29, 0.717) is 6.10 Å². The van der Waals surface area contributed by atoms with Gasteiger partial charge in [0, 0.05) is 6.61 Å². The number of carboxylic acids is 1. The monoisotopic (exact) mass is 200 g/mol. The SMILES string of the molecule is CCCCOC1CCC(C(=O)O)CC1. The van der Waals surface area contributed by atoms with Crippen LogP contribution in [0, 0.1) is 5.92 Å². The third-order valence-corrected chi connectivity index (χ3v) is 2.87. The summed E-state index contributed by atoms with van der Waals surface area (Å²) in [7, 11) is 0. The Balaban J connectivity index is 2.12. The normalized spacial score (nSPS) is 27.5. The molecule has 1 saturated carbocycles. The molecule has 14 heavy (non-hydrogen) atoms. The lowest BCUT2D eigenvalue weighted by Gasteiger charge is -2.26. The van der Waals surface area contributed by atoms with Gasteiger partial charge in [0.05, 0.1) is 12.0 Å². The zero-order chi connectivity index (χ0) is 10.4. The molecule has 1 rings (SSSR count). The molecule has 1 aliphatic rings. The molecule has 0 aromatic carbocycles. The Labute approximate surface area is 85.5 Å². The maximum absolute atomic E-state index is 10.7. The van der Waals surface area contributed by atoms with Crippen LogP contribution in [0.15, 0.2) is 0 Å². The van der Waals surface area contributed by atoms with Gasteiger partial charge in [-0.2, -0.15) is 0 Å². The van der Waals surface area contributed by atoms with Gasteiger partial charge in [-0.1, -0.05) is 13.3 Å². The highest BCUT2D eigenvalue weighted by Crippen LogP contribution is 2.26. The Hall–Kier alpha value is -0.570. The Morgan fingerprint density at radius 3 is 2.50 bits per heavy atom. The molecule has 0 saturated heterocycles. The lowest BCUT2D eigenvalue weighted by molar-refractivity contribution is -0.143. The predicted octanol–water partition coefficient (Wildman–Crippen LogP) is 2.45. The van der Waals surface area contributed by atoms with Crippen molar-refractivity contribution in [2.45, 2.75) is 51.6 Å². The topological polar surface area (TPSA) is 46.5 Å². The van der Waals surface area contributed by atoms with Gasteiger partial charge in [0.15, 0.2) is 0 Å². The van der Waals surface area contributed by atoms with Crippen molar-refractivity contribution >= 4 is 5.97 Å². The summed E-state index contributed by atoms with van der Waals surface area (Å²) in [6.07, 6.45) is 5.99. The molecule has 0 aromatic rings. The van der Waals surface area contributed by atoms with E-state index in [0.717, 1.165) is 45.1 Å². The van der Waals surface area contributed by atoms with Gasteiger partial charge in [-0.3, -0.25) is 4.79 Å². The van der Waals surface area contributed by atoms with Crippen LogP contribution < -0.4 is 0 Å². The van der Waals surface area contributed by atoms with Crippen molar-refractivity contribution in [1.29, 1.82) is 0 Å². The molecule has 0 amide bonds. The average molecular weight is 200 g/mol. The van der Waals surface area contributed by atoms with Gasteiger partial charge in [-0.05, 0) is 32.1 Å². The largest absolute Gasteiger partial charge is 0.481 e. The van der Waals surface area contributed by atoms with Crippen molar-refractivity contribution < 1.29 is 14.6 Å². The number of carboxylic acid groups (broad SMARTS) is 1. The van der Waals surface area contributed by atoms with Gasteiger partial charge < -0.3 is 9.84 Å². The minimum Gasteiger partial charge on any atom is -0.481 e. The van der Waals surface area contributed by atoms with Crippen molar-refractivity contribution in [2.75, 3.05) is 6.61 Å². The Kier molecular flexibility index (Phi) is 4.94. The number of unbranched alkanes of at least 4 members (excludes halogenated alkanes) is 1. The second kappa shape index (κ2) is 6.02. The van der Waals surface area contributed by atoms with Crippen LogP contribution in [0.2, 0.25) is 0 Å². The van der Waals surface area contributed by atoms with Gasteiger partial charge in [-0.15, -0.1) is 0 Å². The van der Waals surface area contributed by atoms with Crippen molar-refractivity contribution in [3.8, 4) is 0 Å². The maximum Gasteiger partial charge on any atom is 0.306 e. The van der Waals surface area contributed by atoms with Crippen LogP contribution >= 0.6 is 0 Å². The molecule has 0 atom stereocenters. The molecule has 1 aliphatic carbocycles. The zero-order valence-corrected chi connectivity index (χ0v) is 8.87. The van der Waals surface area contributed by atoms with E-state index in [4.69, 9.17) is 9.84 Å². The highest BCUT2D eigenvalue weighted by molar-refractivity contribution is 5.69. The highest BCUT2D eigenvalue weighted by atomic mass is 16.5. The summed E-state index contributed by atoms with van der Waals surface area (Å²) < 4.78 is 5.66. The molecule has 0 aliphatic heterocycles. The quantitative estimate of drug-likeness (QED) is 0.693. The molecule has 0 aromatic heterocycles. The standard InChI is InChI=1S/C11H20O3/c1-2-3-8-14-10-6-4-9(5-7-10)11(12)13/h9-10H,2-8H2,1H3,(H,12,13). The Morgan fingerprint density at radius 1 is 1.36 bits per heavy atom. The summed E-state index contributed by atoms with van der Waals surface area (Å²) in [6, 6.07) is 0. The van der Waals surface area contributed by atoms with E-state index < -0.39 is 5.97 Å². The van der Waals surface area contributed by atoms with Gasteiger partial charge in [0.1, 0.15) is 0 Å². The van der Waals surface area contributed by atoms with E-state index in [1.165, 1.54) is 0 Å². The first-order chi connectivity index (χ1) is 6.74. The predicted molar refractivity (Wildman–Crippen MR) is 54.2 cm³/mol. The first kappa shape index (κ1) is 11.5. The third-order valence-electron chi connectivity index (χ3n) is 2.87. The van der Waals surface area contributed by atoms with Crippen LogP contribution in [0.1, 0.15) is 45.4 Å². The van der Waals surface area contributed by atoms with Crippen LogP contribution in [0.25, 0.3) is 0 Å². The van der Waals surface area contributed by atoms with E-state index in [1.54, 1.807) is 0 Å². The third kappa shape index (κ3) is 3.66. The number of hydrogen-bond acceptors (Lipinski definition) is 2. The molecular formula is C11H20O3. The molecule has 1 N–H and O–H groups in total. The molecular weight excluding hydrogens is 180 g/mol. The zero-order valence-electron chi connectivity index (χ0n) is 8.87. The van der Waals surface area contributed by atoms with Crippen LogP contribution in [0.5, 0.6) is 0 Å². The first-order valence-electron chi connectivity index (χ1n) is 5.58. The van der Waals surface area contributed by atoms with Gasteiger partial charge >= 0.3 is 5.97 Å². The summed E-state index contributed by atoms with van der Waals surface area (Å²) in [5.41, 5.74) is 0. The van der Waals surface area contributed by atoms with Gasteiger partial charge in [-0.25, -0.2) is 0 Å². The smallest absolute Gasteiger partial charge is 0.306 e. The Bertz CT molecular complexity index is 171. The first-order valence-corrected chi connectivity index (χ1v) is 5.58. The maximum atomic E-state index is 10.7. The fourth-order valence-corrected chi connectivity index (χ4v) is 1.87. The van der Waals surface area contributed by atoms with E-state index >= 15 is 0 Å². The van der Waals surface area contributed by atoms with Crippen LogP contribution in [0.4, 0.5) is 0 Å². The van der Waals surface area contributed by atoms with Crippen molar-refractivity contribution in [3.63, 3.8) is 0 Å². The highest BCUT2D eigenvalue weighted by Gasteiger charge is 2.25. The minimum atomic E-state index is -0.642. The van der Waals surface area contributed by atoms with E-state index in [2.05, 4.69) is 6.92 Å². The summed E-state index contributed by atoms with van der Waals surface area (Å²) in [4.78, 5) is 10.7. The molecule has 0 bridgehead atoms. The number of rotatable bonds is 5. The van der Waals surface area contributed by atoms with Crippen molar-refractivity contribution in [1.82, 2.24) is 0 Å². The van der Waals surface area contributed by atoms with Crippen molar-refractivity contribution in [2.24, 2.45) is 5.92 Å². The summed E-state index contributed by atoms with van der Waals surface area (Å²) in [5, 5.41) is 8.80. The van der Waals surface area contributed by atoms with Crippen molar-refractivity contribution in [3.05, 3.63) is 0 Å². The molecule has 0 radical (unpaired) electrons. The molecule has 0 unspecified atom stereocenters. The summed E-state index contributed by atoms with van der Waals surface area (Å²) >= 11 is 0. The Morgan fingerprint density at radius 2 is 2.00 bits per heavy atom. The van der Waals surface area contributed by atoms with Crippen LogP contribution in [-0.4, -0.2) is 23.8 Å².